The predicted octanol–water partition coefficient (Wildman–Crippen LogP) is 5.27. The molecule has 174 valence electrons. The van der Waals surface area contributed by atoms with Gasteiger partial charge in [-0.15, -0.1) is 11.3 Å². The molecular formula is C26H36N2O3S. The van der Waals surface area contributed by atoms with Crippen molar-refractivity contribution < 1.29 is 14.3 Å². The second-order valence-corrected chi connectivity index (χ2v) is 10.1. The standard InChI is InChI=1S/C26H36N2O3S/c1-6-13-27(26(30)19(4)5)16-25(29)28-14-11-24-22(12-15-32-24)23(28)17-31-21-9-7-20(8-10-21)18(2)3/h7-10,12,15,18-19,23H,6,11,13-14,16-17H2,1-5H3/t23-/m1/s1. The minimum absolute atomic E-state index is 0.00643. The van der Waals surface area contributed by atoms with E-state index in [9.17, 15) is 9.59 Å². The highest BCUT2D eigenvalue weighted by molar-refractivity contribution is 7.10. The summed E-state index contributed by atoms with van der Waals surface area (Å²) in [5, 5.41) is 2.09. The van der Waals surface area contributed by atoms with Gasteiger partial charge in [0.05, 0.1) is 12.6 Å². The zero-order valence-electron chi connectivity index (χ0n) is 20.0. The number of nitrogens with zero attached hydrogens (tertiary/aromatic N) is 2. The summed E-state index contributed by atoms with van der Waals surface area (Å²) in [6, 6.07) is 10.2. The average Bonchev–Trinajstić information content (AvgIpc) is 3.25. The van der Waals surface area contributed by atoms with Crippen molar-refractivity contribution in [3.8, 4) is 5.75 Å². The molecule has 0 saturated carbocycles. The van der Waals surface area contributed by atoms with Gasteiger partial charge in [-0.25, -0.2) is 0 Å². The zero-order chi connectivity index (χ0) is 23.3. The van der Waals surface area contributed by atoms with E-state index >= 15 is 0 Å². The van der Waals surface area contributed by atoms with Crippen molar-refractivity contribution >= 4 is 23.2 Å². The minimum atomic E-state index is -0.139. The molecular weight excluding hydrogens is 420 g/mol. The van der Waals surface area contributed by atoms with Crippen LogP contribution in [0.3, 0.4) is 0 Å². The third kappa shape index (κ3) is 5.71. The molecule has 1 atom stereocenters. The SMILES string of the molecule is CCCN(CC(=O)N1CCc2sccc2[C@H]1COc1ccc(C(C)C)cc1)C(=O)C(C)C. The predicted molar refractivity (Wildman–Crippen MR) is 130 cm³/mol. The fraction of sp³-hybridized carbons (Fsp3) is 0.538. The van der Waals surface area contributed by atoms with E-state index in [0.29, 0.717) is 25.6 Å². The number of carbonyl (C=O) groups is 2. The summed E-state index contributed by atoms with van der Waals surface area (Å²) in [5.74, 6) is 1.20. The normalized spacial score (nSPS) is 15.7. The van der Waals surface area contributed by atoms with Gasteiger partial charge in [0.25, 0.3) is 0 Å². The Hall–Kier alpha value is -2.34. The van der Waals surface area contributed by atoms with Crippen LogP contribution < -0.4 is 4.74 Å². The number of amides is 2. The second kappa shape index (κ2) is 11.0. The summed E-state index contributed by atoms with van der Waals surface area (Å²) in [6.45, 7) is 11.9. The van der Waals surface area contributed by atoms with Crippen LogP contribution in [-0.2, 0) is 16.0 Å². The van der Waals surface area contributed by atoms with Gasteiger partial charge in [-0.1, -0.05) is 46.8 Å². The highest BCUT2D eigenvalue weighted by Gasteiger charge is 2.33. The Kier molecular flexibility index (Phi) is 8.35. The Morgan fingerprint density at radius 3 is 2.50 bits per heavy atom. The first-order valence-corrected chi connectivity index (χ1v) is 12.6. The maximum Gasteiger partial charge on any atom is 0.242 e. The van der Waals surface area contributed by atoms with Crippen molar-refractivity contribution in [3.05, 3.63) is 51.7 Å². The van der Waals surface area contributed by atoms with Crippen molar-refractivity contribution in [2.75, 3.05) is 26.2 Å². The third-order valence-electron chi connectivity index (χ3n) is 6.00. The fourth-order valence-electron chi connectivity index (χ4n) is 4.16. The van der Waals surface area contributed by atoms with Gasteiger partial charge in [-0.2, -0.15) is 0 Å². The number of benzene rings is 1. The van der Waals surface area contributed by atoms with E-state index in [2.05, 4.69) is 37.4 Å². The minimum Gasteiger partial charge on any atom is -0.491 e. The Morgan fingerprint density at radius 1 is 1.16 bits per heavy atom. The molecule has 0 N–H and O–H groups in total. The summed E-state index contributed by atoms with van der Waals surface area (Å²) in [6.07, 6.45) is 1.68. The van der Waals surface area contributed by atoms with Gasteiger partial charge in [0, 0.05) is 23.9 Å². The van der Waals surface area contributed by atoms with E-state index in [0.717, 1.165) is 18.6 Å². The van der Waals surface area contributed by atoms with E-state index in [1.54, 1.807) is 16.2 Å². The monoisotopic (exact) mass is 456 g/mol. The first-order valence-electron chi connectivity index (χ1n) is 11.7. The Morgan fingerprint density at radius 2 is 1.88 bits per heavy atom. The number of rotatable bonds is 9. The van der Waals surface area contributed by atoms with Crippen molar-refractivity contribution in [2.45, 2.75) is 59.4 Å². The van der Waals surface area contributed by atoms with Gasteiger partial charge < -0.3 is 14.5 Å². The lowest BCUT2D eigenvalue weighted by Gasteiger charge is -2.37. The molecule has 1 aromatic heterocycles. The Bertz CT molecular complexity index is 904. The number of hydrogen-bond donors (Lipinski definition) is 0. The van der Waals surface area contributed by atoms with E-state index < -0.39 is 0 Å². The molecule has 2 heterocycles. The summed E-state index contributed by atoms with van der Waals surface area (Å²) >= 11 is 1.74. The summed E-state index contributed by atoms with van der Waals surface area (Å²) in [4.78, 5) is 30.9. The van der Waals surface area contributed by atoms with Crippen molar-refractivity contribution in [1.82, 2.24) is 9.80 Å². The topological polar surface area (TPSA) is 49.9 Å². The molecule has 0 saturated heterocycles. The molecule has 1 aliphatic heterocycles. The van der Waals surface area contributed by atoms with E-state index in [1.807, 2.05) is 37.8 Å². The Labute approximate surface area is 196 Å². The third-order valence-corrected chi connectivity index (χ3v) is 6.99. The van der Waals surface area contributed by atoms with E-state index in [4.69, 9.17) is 4.74 Å². The molecule has 1 aromatic carbocycles. The lowest BCUT2D eigenvalue weighted by Crippen LogP contribution is -2.48. The molecule has 5 nitrogen and oxygen atoms in total. The molecule has 1 aliphatic rings. The number of hydrogen-bond acceptors (Lipinski definition) is 4. The maximum absolute atomic E-state index is 13.4. The lowest BCUT2D eigenvalue weighted by atomic mass is 10.00. The number of thiophene rings is 1. The van der Waals surface area contributed by atoms with Gasteiger partial charge in [-0.05, 0) is 53.5 Å². The van der Waals surface area contributed by atoms with E-state index in [1.165, 1.54) is 16.0 Å². The van der Waals surface area contributed by atoms with Crippen molar-refractivity contribution in [2.24, 2.45) is 5.92 Å². The van der Waals surface area contributed by atoms with Gasteiger partial charge in [0.2, 0.25) is 11.8 Å². The van der Waals surface area contributed by atoms with Crippen LogP contribution in [0.25, 0.3) is 0 Å². The molecule has 0 radical (unpaired) electrons. The molecule has 0 bridgehead atoms. The van der Waals surface area contributed by atoms with Gasteiger partial charge in [0.15, 0.2) is 0 Å². The highest BCUT2D eigenvalue weighted by atomic mass is 32.1. The van der Waals surface area contributed by atoms with Crippen molar-refractivity contribution in [3.63, 3.8) is 0 Å². The first-order chi connectivity index (χ1) is 15.3. The molecule has 3 rings (SSSR count). The highest BCUT2D eigenvalue weighted by Crippen LogP contribution is 2.34. The largest absolute Gasteiger partial charge is 0.491 e. The van der Waals surface area contributed by atoms with Crippen LogP contribution in [0.15, 0.2) is 35.7 Å². The van der Waals surface area contributed by atoms with Crippen LogP contribution in [0.2, 0.25) is 0 Å². The zero-order valence-corrected chi connectivity index (χ0v) is 20.8. The van der Waals surface area contributed by atoms with Crippen molar-refractivity contribution in [1.29, 1.82) is 0 Å². The number of fused-ring (bicyclic) bond motifs is 1. The molecule has 0 spiro atoms. The fourth-order valence-corrected chi connectivity index (χ4v) is 5.08. The Balaban J connectivity index is 1.75. The number of carbonyl (C=O) groups excluding carboxylic acids is 2. The molecule has 6 heteroatoms. The average molecular weight is 457 g/mol. The summed E-state index contributed by atoms with van der Waals surface area (Å²) in [5.41, 5.74) is 2.45. The van der Waals surface area contributed by atoms with Crippen LogP contribution in [0.4, 0.5) is 0 Å². The van der Waals surface area contributed by atoms with Crippen LogP contribution in [0, 0.1) is 5.92 Å². The molecule has 2 aromatic rings. The van der Waals surface area contributed by atoms with Gasteiger partial charge in [-0.3, -0.25) is 9.59 Å². The van der Waals surface area contributed by atoms with Gasteiger partial charge >= 0.3 is 0 Å². The van der Waals surface area contributed by atoms with Crippen LogP contribution >= 0.6 is 11.3 Å². The smallest absolute Gasteiger partial charge is 0.242 e. The lowest BCUT2D eigenvalue weighted by molar-refractivity contribution is -0.144. The molecule has 32 heavy (non-hydrogen) atoms. The summed E-state index contributed by atoms with van der Waals surface area (Å²) in [7, 11) is 0. The van der Waals surface area contributed by atoms with Gasteiger partial charge in [0.1, 0.15) is 12.4 Å². The molecule has 0 unspecified atom stereocenters. The second-order valence-electron chi connectivity index (χ2n) is 9.10. The van der Waals surface area contributed by atoms with Crippen LogP contribution in [0.1, 0.15) is 69.0 Å². The maximum atomic E-state index is 13.4. The molecule has 0 fully saturated rings. The quantitative estimate of drug-likeness (QED) is 0.516. The summed E-state index contributed by atoms with van der Waals surface area (Å²) < 4.78 is 6.16. The van der Waals surface area contributed by atoms with Crippen LogP contribution in [0.5, 0.6) is 5.75 Å². The van der Waals surface area contributed by atoms with Crippen LogP contribution in [-0.4, -0.2) is 47.9 Å². The first kappa shape index (κ1) is 24.3. The molecule has 2 amide bonds. The number of ether oxygens (including phenoxy) is 1. The molecule has 0 aliphatic carbocycles. The van der Waals surface area contributed by atoms with E-state index in [-0.39, 0.29) is 30.3 Å².